The fourth-order valence-corrected chi connectivity index (χ4v) is 3.26. The van der Waals surface area contributed by atoms with Crippen molar-refractivity contribution in [2.45, 2.75) is 20.4 Å². The van der Waals surface area contributed by atoms with E-state index >= 15 is 0 Å². The lowest BCUT2D eigenvalue weighted by atomic mass is 9.99. The minimum Gasteiger partial charge on any atom is -0.493 e. The molecule has 0 spiro atoms. The van der Waals surface area contributed by atoms with Gasteiger partial charge in [0.1, 0.15) is 5.56 Å². The van der Waals surface area contributed by atoms with E-state index in [2.05, 4.69) is 13.8 Å². The highest BCUT2D eigenvalue weighted by atomic mass is 16.5. The van der Waals surface area contributed by atoms with Crippen molar-refractivity contribution in [3.8, 4) is 22.8 Å². The predicted octanol–water partition coefficient (Wildman–Crippen LogP) is 2.34. The number of carboxylic acid groups (broad SMARTS) is 1. The third kappa shape index (κ3) is 3.00. The average Bonchev–Trinajstić information content (AvgIpc) is 2.59. The molecule has 0 fully saturated rings. The Hall–Kier alpha value is -2.96. The second kappa shape index (κ2) is 6.74. The lowest BCUT2D eigenvalue weighted by molar-refractivity contribution is 0.0694. The van der Waals surface area contributed by atoms with E-state index in [0.717, 1.165) is 11.1 Å². The van der Waals surface area contributed by atoms with Crippen LogP contribution in [-0.2, 0) is 6.54 Å². The Balaban J connectivity index is 2.26. The minimum atomic E-state index is -1.23. The van der Waals surface area contributed by atoms with Gasteiger partial charge in [0.25, 0.3) is 0 Å². The summed E-state index contributed by atoms with van der Waals surface area (Å²) in [7, 11) is 3.13. The van der Waals surface area contributed by atoms with Crippen LogP contribution in [0.1, 0.15) is 29.8 Å². The van der Waals surface area contributed by atoms with Crippen LogP contribution in [0.3, 0.4) is 0 Å². The van der Waals surface area contributed by atoms with E-state index in [-0.39, 0.29) is 5.56 Å². The molecule has 0 radical (unpaired) electrons. The first-order valence-corrected chi connectivity index (χ1v) is 8.36. The molecule has 3 rings (SSSR count). The highest BCUT2D eigenvalue weighted by Crippen LogP contribution is 2.38. The topological polar surface area (TPSA) is 81.0 Å². The molecule has 0 atom stereocenters. The van der Waals surface area contributed by atoms with Gasteiger partial charge in [0.2, 0.25) is 0 Å². The van der Waals surface area contributed by atoms with Gasteiger partial charge in [-0.1, -0.05) is 13.8 Å². The van der Waals surface area contributed by atoms with Crippen LogP contribution in [0.5, 0.6) is 11.5 Å². The zero-order valence-electron chi connectivity index (χ0n) is 15.3. The maximum absolute atomic E-state index is 12.3. The van der Waals surface area contributed by atoms with Crippen molar-refractivity contribution in [2.75, 3.05) is 25.8 Å². The molecule has 7 heteroatoms. The summed E-state index contributed by atoms with van der Waals surface area (Å²) < 4.78 is 12.5. The number of rotatable bonds is 5. The summed E-state index contributed by atoms with van der Waals surface area (Å²) in [6, 6.07) is 5.11. The van der Waals surface area contributed by atoms with E-state index < -0.39 is 11.4 Å². The van der Waals surface area contributed by atoms with Gasteiger partial charge in [-0.15, -0.1) is 0 Å². The van der Waals surface area contributed by atoms with Gasteiger partial charge < -0.3 is 19.6 Å². The number of methoxy groups -OCH3 is 2. The Bertz CT molecular complexity index is 917. The summed E-state index contributed by atoms with van der Waals surface area (Å²) in [6.07, 6.45) is 1.40. The Kier molecular flexibility index (Phi) is 4.63. The molecule has 1 N–H and O–H groups in total. The molecule has 1 aliphatic rings. The standard InChI is InChI=1S/C19H22N2O5/c1-11(2)8-20-9-12-5-17(25-3)18(26-4)6-13(12)15-7-16(22)14(19(23)24)10-21(15)20/h5-7,10-11H,8-9H2,1-4H3,(H,23,24). The van der Waals surface area contributed by atoms with Crippen molar-refractivity contribution in [1.29, 1.82) is 0 Å². The number of pyridine rings is 1. The molecule has 26 heavy (non-hydrogen) atoms. The van der Waals surface area contributed by atoms with Crippen LogP contribution in [-0.4, -0.2) is 36.5 Å². The Labute approximate surface area is 151 Å². The van der Waals surface area contributed by atoms with E-state index in [0.29, 0.717) is 36.2 Å². The number of carboxylic acids is 1. The Morgan fingerprint density at radius 3 is 2.42 bits per heavy atom. The molecule has 138 valence electrons. The zero-order chi connectivity index (χ0) is 19.0. The zero-order valence-corrected chi connectivity index (χ0v) is 15.3. The van der Waals surface area contributed by atoms with Crippen molar-refractivity contribution >= 4 is 5.97 Å². The first-order chi connectivity index (χ1) is 12.3. The van der Waals surface area contributed by atoms with Gasteiger partial charge in [0.05, 0.1) is 26.5 Å². The Morgan fingerprint density at radius 1 is 1.19 bits per heavy atom. The number of benzene rings is 1. The summed E-state index contributed by atoms with van der Waals surface area (Å²) in [6.45, 7) is 5.46. The smallest absolute Gasteiger partial charge is 0.341 e. The number of carbonyl (C=O) groups is 1. The second-order valence-electron chi connectivity index (χ2n) is 6.69. The number of hydrogen-bond acceptors (Lipinski definition) is 5. The monoisotopic (exact) mass is 358 g/mol. The second-order valence-corrected chi connectivity index (χ2v) is 6.69. The van der Waals surface area contributed by atoms with Crippen molar-refractivity contribution in [2.24, 2.45) is 5.92 Å². The molecule has 0 aliphatic carbocycles. The quantitative estimate of drug-likeness (QED) is 0.884. The molecule has 0 unspecified atom stereocenters. The van der Waals surface area contributed by atoms with Crippen LogP contribution in [0.4, 0.5) is 0 Å². The number of aromatic nitrogens is 1. The largest absolute Gasteiger partial charge is 0.493 e. The number of ether oxygens (including phenoxy) is 2. The molecule has 0 bridgehead atoms. The number of hydrogen-bond donors (Lipinski definition) is 1. The lowest BCUT2D eigenvalue weighted by Crippen LogP contribution is -2.41. The van der Waals surface area contributed by atoms with Gasteiger partial charge >= 0.3 is 5.97 Å². The minimum absolute atomic E-state index is 0.244. The van der Waals surface area contributed by atoms with Gasteiger partial charge in [-0.2, -0.15) is 0 Å². The van der Waals surface area contributed by atoms with Crippen LogP contribution < -0.4 is 19.9 Å². The lowest BCUT2D eigenvalue weighted by Gasteiger charge is -2.36. The maximum atomic E-state index is 12.3. The fraction of sp³-hybridized carbons (Fsp3) is 0.368. The van der Waals surface area contributed by atoms with Crippen molar-refractivity contribution < 1.29 is 19.4 Å². The molecule has 2 heterocycles. The van der Waals surface area contributed by atoms with Crippen molar-refractivity contribution in [3.63, 3.8) is 0 Å². The molecule has 0 saturated carbocycles. The van der Waals surface area contributed by atoms with Crippen molar-refractivity contribution in [1.82, 2.24) is 4.68 Å². The van der Waals surface area contributed by atoms with Gasteiger partial charge in [0.15, 0.2) is 16.9 Å². The van der Waals surface area contributed by atoms with Gasteiger partial charge in [-0.05, 0) is 23.6 Å². The highest BCUT2D eigenvalue weighted by molar-refractivity contribution is 5.88. The number of nitrogens with zero attached hydrogens (tertiary/aromatic N) is 2. The van der Waals surface area contributed by atoms with E-state index in [9.17, 15) is 14.7 Å². The first-order valence-electron chi connectivity index (χ1n) is 8.36. The molecular formula is C19H22N2O5. The summed E-state index contributed by atoms with van der Waals surface area (Å²) in [5, 5.41) is 11.3. The van der Waals surface area contributed by atoms with Gasteiger partial charge in [-0.25, -0.2) is 4.79 Å². The fourth-order valence-electron chi connectivity index (χ4n) is 3.26. The van der Waals surface area contributed by atoms with Crippen LogP contribution in [0.15, 0.2) is 29.2 Å². The maximum Gasteiger partial charge on any atom is 0.341 e. The third-order valence-corrected chi connectivity index (χ3v) is 4.38. The van der Waals surface area contributed by atoms with E-state index in [1.54, 1.807) is 18.9 Å². The normalized spacial score (nSPS) is 12.6. The number of aromatic carboxylic acids is 1. The van der Waals surface area contributed by atoms with E-state index in [1.807, 2.05) is 17.1 Å². The van der Waals surface area contributed by atoms with Crippen LogP contribution >= 0.6 is 0 Å². The molecule has 1 aromatic carbocycles. The molecule has 0 saturated heterocycles. The van der Waals surface area contributed by atoms with Crippen molar-refractivity contribution in [3.05, 3.63) is 45.7 Å². The predicted molar refractivity (Wildman–Crippen MR) is 97.8 cm³/mol. The molecular weight excluding hydrogens is 336 g/mol. The van der Waals surface area contributed by atoms with Crippen LogP contribution in [0.25, 0.3) is 11.3 Å². The van der Waals surface area contributed by atoms with E-state index in [4.69, 9.17) is 9.47 Å². The van der Waals surface area contributed by atoms with Gasteiger partial charge in [0, 0.05) is 24.4 Å². The van der Waals surface area contributed by atoms with E-state index in [1.165, 1.54) is 12.3 Å². The molecule has 1 aliphatic heterocycles. The Morgan fingerprint density at radius 2 is 1.85 bits per heavy atom. The van der Waals surface area contributed by atoms with Gasteiger partial charge in [-0.3, -0.25) is 9.47 Å². The molecule has 2 aromatic rings. The highest BCUT2D eigenvalue weighted by Gasteiger charge is 2.26. The van der Waals surface area contributed by atoms with Crippen LogP contribution in [0, 0.1) is 5.92 Å². The average molecular weight is 358 g/mol. The summed E-state index contributed by atoms with van der Waals surface area (Å²) >= 11 is 0. The SMILES string of the molecule is COc1cc2c(cc1OC)-c1cc(=O)c(C(=O)O)cn1N(CC(C)C)C2. The molecule has 1 aromatic heterocycles. The first kappa shape index (κ1) is 17.8. The van der Waals surface area contributed by atoms with Crippen LogP contribution in [0.2, 0.25) is 0 Å². The summed E-state index contributed by atoms with van der Waals surface area (Å²) in [4.78, 5) is 23.7. The molecule has 7 nitrogen and oxygen atoms in total. The summed E-state index contributed by atoms with van der Waals surface area (Å²) in [5.74, 6) is 0.309. The third-order valence-electron chi connectivity index (χ3n) is 4.38. The number of fused-ring (bicyclic) bond motifs is 3. The molecule has 0 amide bonds. The summed E-state index contributed by atoms with van der Waals surface area (Å²) in [5.41, 5.74) is 1.70.